The Hall–Kier alpha value is -2.61. The molecule has 0 saturated carbocycles. The topological polar surface area (TPSA) is 103 Å². The number of methoxy groups -OCH3 is 2. The number of rotatable bonds is 15. The third-order valence-corrected chi connectivity index (χ3v) is 6.00. The summed E-state index contributed by atoms with van der Waals surface area (Å²) in [4.78, 5) is 12.2. The van der Waals surface area contributed by atoms with Crippen molar-refractivity contribution in [1.82, 2.24) is 5.32 Å². The van der Waals surface area contributed by atoms with Crippen molar-refractivity contribution in [3.05, 3.63) is 59.7 Å². The Morgan fingerprint density at radius 3 is 2.44 bits per heavy atom. The Balaban J connectivity index is 1.95. The summed E-state index contributed by atoms with van der Waals surface area (Å²) >= 11 is 0. The van der Waals surface area contributed by atoms with Gasteiger partial charge in [0.2, 0.25) is 0 Å². The average Bonchev–Trinajstić information content (AvgIpc) is 2.85. The van der Waals surface area contributed by atoms with E-state index in [1.165, 1.54) is 0 Å². The van der Waals surface area contributed by atoms with Gasteiger partial charge in [0.25, 0.3) is 5.91 Å². The molecule has 2 rings (SSSR count). The predicted octanol–water partition coefficient (Wildman–Crippen LogP) is 3.43. The van der Waals surface area contributed by atoms with Crippen LogP contribution in [0.2, 0.25) is 0 Å². The lowest BCUT2D eigenvalue weighted by molar-refractivity contribution is 0.0878. The van der Waals surface area contributed by atoms with Gasteiger partial charge in [0.05, 0.1) is 19.8 Å². The fourth-order valence-electron chi connectivity index (χ4n) is 3.79. The Bertz CT molecular complexity index is 859. The molecule has 0 fully saturated rings. The molecular formula is C27H40N2O5. The largest absolute Gasteiger partial charge is 0.493 e. The van der Waals surface area contributed by atoms with Crippen LogP contribution >= 0.6 is 0 Å². The number of hydrogen-bond acceptors (Lipinski definition) is 6. The molecule has 0 aliphatic heterocycles. The number of benzene rings is 2. The normalized spacial score (nSPS) is 13.9. The molecule has 0 spiro atoms. The van der Waals surface area contributed by atoms with E-state index in [0.29, 0.717) is 42.6 Å². The Kier molecular flexibility index (Phi) is 11.9. The molecule has 7 heteroatoms. The maximum absolute atomic E-state index is 12.2. The minimum atomic E-state index is -0.829. The molecule has 0 aliphatic carbocycles. The van der Waals surface area contributed by atoms with Gasteiger partial charge >= 0.3 is 0 Å². The van der Waals surface area contributed by atoms with E-state index in [2.05, 4.69) is 19.2 Å². The number of amides is 1. The summed E-state index contributed by atoms with van der Waals surface area (Å²) in [5, 5.41) is 13.3. The first-order valence-electron chi connectivity index (χ1n) is 11.9. The fraction of sp³-hybridized carbons (Fsp3) is 0.519. The molecule has 7 nitrogen and oxygen atoms in total. The van der Waals surface area contributed by atoms with Crippen LogP contribution in [0.5, 0.6) is 11.5 Å². The first kappa shape index (κ1) is 27.6. The molecule has 0 saturated heterocycles. The van der Waals surface area contributed by atoms with Crippen LogP contribution in [0.25, 0.3) is 0 Å². The zero-order valence-corrected chi connectivity index (χ0v) is 20.8. The molecule has 0 unspecified atom stereocenters. The minimum absolute atomic E-state index is 0.113. The number of nitrogens with one attached hydrogen (secondary N) is 1. The quantitative estimate of drug-likeness (QED) is 0.343. The van der Waals surface area contributed by atoms with Crippen molar-refractivity contribution in [1.29, 1.82) is 0 Å². The summed E-state index contributed by atoms with van der Waals surface area (Å²) in [7, 11) is 3.30. The highest BCUT2D eigenvalue weighted by Gasteiger charge is 2.23. The fourth-order valence-corrected chi connectivity index (χ4v) is 3.79. The molecule has 2 aromatic rings. The molecule has 0 heterocycles. The van der Waals surface area contributed by atoms with Gasteiger partial charge in [-0.1, -0.05) is 38.1 Å². The van der Waals surface area contributed by atoms with Crippen molar-refractivity contribution in [2.75, 3.05) is 34.0 Å². The van der Waals surface area contributed by atoms with E-state index in [-0.39, 0.29) is 18.4 Å². The van der Waals surface area contributed by atoms with Gasteiger partial charge in [0.1, 0.15) is 0 Å². The van der Waals surface area contributed by atoms with Crippen LogP contribution in [0.15, 0.2) is 48.5 Å². The molecular weight excluding hydrogens is 432 g/mol. The molecule has 0 radical (unpaired) electrons. The van der Waals surface area contributed by atoms with Crippen LogP contribution in [0.4, 0.5) is 0 Å². The second-order valence-corrected chi connectivity index (χ2v) is 8.93. The summed E-state index contributed by atoms with van der Waals surface area (Å²) in [6.45, 7) is 5.62. The Morgan fingerprint density at radius 2 is 1.79 bits per heavy atom. The van der Waals surface area contributed by atoms with Gasteiger partial charge in [-0.15, -0.1) is 0 Å². The lowest BCUT2D eigenvalue weighted by Crippen LogP contribution is -2.44. The van der Waals surface area contributed by atoms with E-state index in [4.69, 9.17) is 19.9 Å². The van der Waals surface area contributed by atoms with Crippen molar-refractivity contribution < 1.29 is 24.1 Å². The third-order valence-electron chi connectivity index (χ3n) is 6.00. The van der Waals surface area contributed by atoms with E-state index in [1.807, 2.05) is 24.3 Å². The average molecular weight is 473 g/mol. The van der Waals surface area contributed by atoms with E-state index in [0.717, 1.165) is 18.4 Å². The molecule has 4 N–H and O–H groups in total. The van der Waals surface area contributed by atoms with Gasteiger partial charge in [0, 0.05) is 38.3 Å². The van der Waals surface area contributed by atoms with Crippen LogP contribution < -0.4 is 20.5 Å². The number of hydrogen-bond donors (Lipinski definition) is 3. The van der Waals surface area contributed by atoms with Crippen molar-refractivity contribution in [3.8, 4) is 11.5 Å². The van der Waals surface area contributed by atoms with Crippen LogP contribution in [0, 0.1) is 11.8 Å². The van der Waals surface area contributed by atoms with E-state index >= 15 is 0 Å². The van der Waals surface area contributed by atoms with Gasteiger partial charge in [-0.2, -0.15) is 0 Å². The van der Waals surface area contributed by atoms with Gasteiger partial charge in [0.15, 0.2) is 11.5 Å². The van der Waals surface area contributed by atoms with E-state index < -0.39 is 12.1 Å². The number of aliphatic hydroxyl groups is 1. The first-order valence-corrected chi connectivity index (χ1v) is 11.9. The third kappa shape index (κ3) is 8.97. The van der Waals surface area contributed by atoms with E-state index in [9.17, 15) is 9.90 Å². The van der Waals surface area contributed by atoms with Crippen LogP contribution in [-0.4, -0.2) is 57.1 Å². The van der Waals surface area contributed by atoms with Crippen molar-refractivity contribution in [2.45, 2.75) is 45.3 Å². The molecule has 0 bridgehead atoms. The smallest absolute Gasteiger partial charge is 0.251 e. The molecule has 188 valence electrons. The van der Waals surface area contributed by atoms with Crippen molar-refractivity contribution in [3.63, 3.8) is 0 Å². The van der Waals surface area contributed by atoms with Gasteiger partial charge in [-0.25, -0.2) is 0 Å². The first-order chi connectivity index (χ1) is 16.3. The summed E-state index contributed by atoms with van der Waals surface area (Å²) in [6.07, 6.45) is 1.40. The second-order valence-electron chi connectivity index (χ2n) is 8.93. The van der Waals surface area contributed by atoms with Gasteiger partial charge in [-0.3, -0.25) is 4.79 Å². The molecule has 34 heavy (non-hydrogen) atoms. The van der Waals surface area contributed by atoms with Crippen LogP contribution in [-0.2, 0) is 11.2 Å². The predicted molar refractivity (Wildman–Crippen MR) is 134 cm³/mol. The van der Waals surface area contributed by atoms with Crippen molar-refractivity contribution >= 4 is 5.91 Å². The van der Waals surface area contributed by atoms with Crippen LogP contribution in [0.1, 0.15) is 42.6 Å². The molecule has 0 aromatic heterocycles. The zero-order valence-electron chi connectivity index (χ0n) is 20.8. The summed E-state index contributed by atoms with van der Waals surface area (Å²) in [5.74, 6) is 1.81. The van der Waals surface area contributed by atoms with Gasteiger partial charge in [-0.05, 0) is 54.5 Å². The van der Waals surface area contributed by atoms with Gasteiger partial charge < -0.3 is 30.4 Å². The van der Waals surface area contributed by atoms with Crippen molar-refractivity contribution in [2.24, 2.45) is 17.6 Å². The highest BCUT2D eigenvalue weighted by Crippen LogP contribution is 2.31. The summed E-state index contributed by atoms with van der Waals surface area (Å²) < 4.78 is 16.4. The highest BCUT2D eigenvalue weighted by molar-refractivity contribution is 5.94. The summed E-state index contributed by atoms with van der Waals surface area (Å²) in [6, 6.07) is 14.5. The maximum atomic E-state index is 12.2. The molecule has 0 aliphatic rings. The second kappa shape index (κ2) is 14.6. The van der Waals surface area contributed by atoms with Crippen LogP contribution in [0.3, 0.4) is 0 Å². The number of carbonyl (C=O) groups excluding carboxylic acids is 1. The standard InChI is InChI=1S/C27H40N2O5/c1-19(2)22(15-20-11-12-25(33-4)26(16-20)34-14-8-13-32-3)17-23(28)24(30)18-29-27(31)21-9-6-5-7-10-21/h5-7,9-12,16,19,22-24,30H,8,13-15,17-18,28H2,1-4H3,(H,29,31)/t22-,23-,24-/m0/s1. The number of nitrogens with two attached hydrogens (primary N) is 1. The molecule has 2 aromatic carbocycles. The van der Waals surface area contributed by atoms with E-state index in [1.54, 1.807) is 38.5 Å². The number of carbonyl (C=O) groups is 1. The highest BCUT2D eigenvalue weighted by atomic mass is 16.5. The lowest BCUT2D eigenvalue weighted by Gasteiger charge is -2.27. The molecule has 3 atom stereocenters. The SMILES string of the molecule is COCCCOc1cc(C[C@@H](C[C@H](N)[C@@H](O)CNC(=O)c2ccccc2)C(C)C)ccc1OC. The maximum Gasteiger partial charge on any atom is 0.251 e. The minimum Gasteiger partial charge on any atom is -0.493 e. The zero-order chi connectivity index (χ0) is 24.9. The summed E-state index contributed by atoms with van der Waals surface area (Å²) in [5.41, 5.74) is 8.03. The molecule has 1 amide bonds. The Morgan fingerprint density at radius 1 is 1.06 bits per heavy atom. The monoisotopic (exact) mass is 472 g/mol. The number of aliphatic hydroxyl groups excluding tert-OH is 1. The lowest BCUT2D eigenvalue weighted by atomic mass is 9.83. The number of ether oxygens (including phenoxy) is 3. The Labute approximate surface area is 203 Å².